The maximum Gasteiger partial charge on any atom is 0.407 e. The topological polar surface area (TPSA) is 122 Å². The van der Waals surface area contributed by atoms with E-state index in [4.69, 9.17) is 16.3 Å². The molecule has 1 amide bonds. The first-order valence-electron chi connectivity index (χ1n) is 8.38. The van der Waals surface area contributed by atoms with Gasteiger partial charge in [-0.2, -0.15) is 5.10 Å². The Hall–Kier alpha value is -3.01. The number of carbonyl (C=O) groups is 1. The van der Waals surface area contributed by atoms with Gasteiger partial charge in [0.25, 0.3) is 0 Å². The van der Waals surface area contributed by atoms with Crippen LogP contribution in [0.3, 0.4) is 0 Å². The number of benzene rings is 1. The van der Waals surface area contributed by atoms with Crippen LogP contribution in [-0.2, 0) is 11.3 Å². The molecule has 3 N–H and O–H groups in total. The van der Waals surface area contributed by atoms with Gasteiger partial charge in [0, 0.05) is 18.3 Å². The van der Waals surface area contributed by atoms with Crippen molar-refractivity contribution in [3.8, 4) is 5.82 Å². The number of rotatable bonds is 7. The van der Waals surface area contributed by atoms with Gasteiger partial charge < -0.3 is 20.3 Å². The summed E-state index contributed by atoms with van der Waals surface area (Å²) in [6.07, 6.45) is -0.318. The summed E-state index contributed by atoms with van der Waals surface area (Å²) in [5.74, 6) is 0.403. The van der Waals surface area contributed by atoms with Gasteiger partial charge in [-0.3, -0.25) is 0 Å². The normalized spacial score (nSPS) is 13.0. The predicted molar refractivity (Wildman–Crippen MR) is 99.8 cm³/mol. The second kappa shape index (κ2) is 9.27. The monoisotopic (exact) mass is 403 g/mol. The minimum absolute atomic E-state index is 0.111. The van der Waals surface area contributed by atoms with E-state index in [1.54, 1.807) is 12.1 Å². The summed E-state index contributed by atoms with van der Waals surface area (Å²) in [6, 6.07) is 12.4. The summed E-state index contributed by atoms with van der Waals surface area (Å²) in [7, 11) is 0. The number of hydrogen-bond donors (Lipinski definition) is 3. The predicted octanol–water partition coefficient (Wildman–Crippen LogP) is 1.64. The van der Waals surface area contributed by atoms with Gasteiger partial charge in [-0.1, -0.05) is 41.9 Å². The zero-order chi connectivity index (χ0) is 19.9. The van der Waals surface area contributed by atoms with Gasteiger partial charge in [0.15, 0.2) is 11.0 Å². The van der Waals surface area contributed by atoms with Gasteiger partial charge in [-0.05, 0) is 17.7 Å². The second-order valence-corrected chi connectivity index (χ2v) is 6.27. The van der Waals surface area contributed by atoms with Gasteiger partial charge in [0.05, 0.1) is 6.20 Å². The van der Waals surface area contributed by atoms with Crippen LogP contribution in [0.2, 0.25) is 5.15 Å². The second-order valence-electron chi connectivity index (χ2n) is 5.89. The number of nitrogens with zero attached hydrogens (tertiary/aromatic N) is 4. The van der Waals surface area contributed by atoms with Crippen LogP contribution in [0.1, 0.15) is 17.2 Å². The molecule has 0 spiro atoms. The summed E-state index contributed by atoms with van der Waals surface area (Å²) < 4.78 is 6.44. The van der Waals surface area contributed by atoms with Crippen LogP contribution in [0.15, 0.2) is 54.9 Å². The van der Waals surface area contributed by atoms with Crippen molar-refractivity contribution < 1.29 is 19.7 Å². The van der Waals surface area contributed by atoms with Crippen molar-refractivity contribution >= 4 is 17.7 Å². The van der Waals surface area contributed by atoms with Crippen LogP contribution in [0.5, 0.6) is 0 Å². The van der Waals surface area contributed by atoms with Crippen molar-refractivity contribution in [2.24, 2.45) is 0 Å². The Balaban J connectivity index is 1.49. The first-order chi connectivity index (χ1) is 13.5. The zero-order valence-corrected chi connectivity index (χ0v) is 15.4. The van der Waals surface area contributed by atoms with E-state index < -0.39 is 18.3 Å². The molecule has 3 aromatic rings. The molecule has 10 heteroatoms. The number of aliphatic hydroxyl groups is 2. The van der Waals surface area contributed by atoms with Gasteiger partial charge in [-0.25, -0.2) is 9.48 Å². The fourth-order valence-electron chi connectivity index (χ4n) is 2.34. The standard InChI is InChI=1S/C18H18ClN5O4/c19-15-6-7-16(23-22-15)24-10-13(8-21-24)17(26)14(25)9-20-18(27)28-11-12-4-2-1-3-5-12/h1-8,10,14,17,25-26H,9,11H2,(H,20,27). The van der Waals surface area contributed by atoms with Gasteiger partial charge in [-0.15, -0.1) is 10.2 Å². The summed E-state index contributed by atoms with van der Waals surface area (Å²) in [4.78, 5) is 11.7. The lowest BCUT2D eigenvalue weighted by atomic mass is 10.1. The highest BCUT2D eigenvalue weighted by Crippen LogP contribution is 2.17. The zero-order valence-electron chi connectivity index (χ0n) is 14.6. The highest BCUT2D eigenvalue weighted by atomic mass is 35.5. The molecule has 2 atom stereocenters. The van der Waals surface area contributed by atoms with Crippen molar-refractivity contribution in [2.75, 3.05) is 6.54 Å². The van der Waals surface area contributed by atoms with Crippen LogP contribution in [-0.4, -0.2) is 48.9 Å². The summed E-state index contributed by atoms with van der Waals surface area (Å²) in [5.41, 5.74) is 1.19. The van der Waals surface area contributed by atoms with Crippen LogP contribution < -0.4 is 5.32 Å². The van der Waals surface area contributed by atoms with Crippen molar-refractivity contribution in [1.29, 1.82) is 0 Å². The number of alkyl carbamates (subject to hydrolysis) is 1. The number of halogens is 1. The maximum absolute atomic E-state index is 11.7. The molecule has 0 saturated heterocycles. The lowest BCUT2D eigenvalue weighted by Gasteiger charge is -2.17. The molecule has 28 heavy (non-hydrogen) atoms. The number of aromatic nitrogens is 4. The Morgan fingerprint density at radius 1 is 1.18 bits per heavy atom. The molecule has 146 valence electrons. The average Bonchev–Trinajstić information content (AvgIpc) is 3.21. The number of amides is 1. The number of ether oxygens (including phenoxy) is 1. The van der Waals surface area contributed by atoms with Crippen LogP contribution >= 0.6 is 11.6 Å². The Kier molecular flexibility index (Phi) is 6.53. The molecule has 3 rings (SSSR count). The van der Waals surface area contributed by atoms with E-state index in [9.17, 15) is 15.0 Å². The lowest BCUT2D eigenvalue weighted by molar-refractivity contribution is 0.0184. The highest BCUT2D eigenvalue weighted by Gasteiger charge is 2.21. The summed E-state index contributed by atoms with van der Waals surface area (Å²) in [6.45, 7) is -0.0824. The molecular weight excluding hydrogens is 386 g/mol. The molecule has 0 fully saturated rings. The molecule has 2 aromatic heterocycles. The fraction of sp³-hybridized carbons (Fsp3) is 0.222. The molecule has 9 nitrogen and oxygen atoms in total. The average molecular weight is 404 g/mol. The van der Waals surface area contributed by atoms with E-state index in [2.05, 4.69) is 20.6 Å². The Morgan fingerprint density at radius 3 is 2.68 bits per heavy atom. The Labute approximate surface area is 165 Å². The molecule has 2 heterocycles. The van der Waals surface area contributed by atoms with Crippen LogP contribution in [0, 0.1) is 0 Å². The molecule has 0 bridgehead atoms. The number of nitrogens with one attached hydrogen (secondary N) is 1. The molecular formula is C18H18ClN5O4. The molecule has 0 aliphatic heterocycles. The quantitative estimate of drug-likeness (QED) is 0.548. The fourth-order valence-corrected chi connectivity index (χ4v) is 2.44. The van der Waals surface area contributed by atoms with Crippen LogP contribution in [0.25, 0.3) is 5.82 Å². The van der Waals surface area contributed by atoms with Crippen molar-refractivity contribution in [3.05, 3.63) is 71.1 Å². The molecule has 0 radical (unpaired) electrons. The molecule has 2 unspecified atom stereocenters. The maximum atomic E-state index is 11.7. The summed E-state index contributed by atoms with van der Waals surface area (Å²) >= 11 is 5.69. The van der Waals surface area contributed by atoms with E-state index >= 15 is 0 Å². The third kappa shape index (κ3) is 5.26. The lowest BCUT2D eigenvalue weighted by Crippen LogP contribution is -2.35. The molecule has 0 aliphatic carbocycles. The van der Waals surface area contributed by atoms with Crippen molar-refractivity contribution in [3.63, 3.8) is 0 Å². The number of aliphatic hydroxyl groups excluding tert-OH is 2. The van der Waals surface area contributed by atoms with Crippen LogP contribution in [0.4, 0.5) is 4.79 Å². The molecule has 0 aliphatic rings. The van der Waals surface area contributed by atoms with Crippen molar-refractivity contribution in [2.45, 2.75) is 18.8 Å². The highest BCUT2D eigenvalue weighted by molar-refractivity contribution is 6.29. The number of carbonyl (C=O) groups excluding carboxylic acids is 1. The Morgan fingerprint density at radius 2 is 1.96 bits per heavy atom. The van der Waals surface area contributed by atoms with Gasteiger partial charge >= 0.3 is 6.09 Å². The minimum atomic E-state index is -1.26. The Bertz CT molecular complexity index is 904. The smallest absolute Gasteiger partial charge is 0.407 e. The van der Waals surface area contributed by atoms with Gasteiger partial charge in [0.1, 0.15) is 18.8 Å². The van der Waals surface area contributed by atoms with E-state index in [0.29, 0.717) is 11.4 Å². The molecule has 0 saturated carbocycles. The third-order valence-electron chi connectivity index (χ3n) is 3.83. The van der Waals surface area contributed by atoms with E-state index in [1.807, 2.05) is 30.3 Å². The van der Waals surface area contributed by atoms with Gasteiger partial charge in [0.2, 0.25) is 0 Å². The minimum Gasteiger partial charge on any atom is -0.445 e. The first-order valence-corrected chi connectivity index (χ1v) is 8.75. The summed E-state index contributed by atoms with van der Waals surface area (Å²) in [5, 5.41) is 34.7. The SMILES string of the molecule is O=C(NCC(O)C(O)c1cnn(-c2ccc(Cl)nn2)c1)OCc1ccccc1. The number of hydrogen-bond acceptors (Lipinski definition) is 7. The third-order valence-corrected chi connectivity index (χ3v) is 4.03. The largest absolute Gasteiger partial charge is 0.445 e. The van der Waals surface area contributed by atoms with Crippen molar-refractivity contribution in [1.82, 2.24) is 25.3 Å². The van der Waals surface area contributed by atoms with E-state index in [0.717, 1.165) is 5.56 Å². The van der Waals surface area contributed by atoms with E-state index in [-0.39, 0.29) is 18.3 Å². The van der Waals surface area contributed by atoms with E-state index in [1.165, 1.54) is 17.1 Å². The first kappa shape index (κ1) is 19.7. The molecule has 1 aromatic carbocycles.